The Labute approximate surface area is 107 Å². The van der Waals surface area contributed by atoms with Gasteiger partial charge in [-0.15, -0.1) is 0 Å². The number of hydrogen-bond acceptors (Lipinski definition) is 3. The lowest BCUT2D eigenvalue weighted by atomic mass is 10.1. The molecule has 1 aliphatic heterocycles. The first-order valence-electron chi connectivity index (χ1n) is 6.75. The minimum absolute atomic E-state index is 0.468. The number of hydrogen-bond donors (Lipinski definition) is 2. The molecule has 3 rings (SSSR count). The smallest absolute Gasteiger partial charge is 0.121 e. The predicted octanol–water partition coefficient (Wildman–Crippen LogP) is 2.01. The van der Waals surface area contributed by atoms with Gasteiger partial charge in [-0.3, -0.25) is 4.90 Å². The average molecular weight is 244 g/mol. The van der Waals surface area contributed by atoms with Crippen LogP contribution in [0.15, 0.2) is 18.2 Å². The molecule has 2 heterocycles. The van der Waals surface area contributed by atoms with Crippen molar-refractivity contribution in [2.24, 2.45) is 5.73 Å². The molecule has 0 atom stereocenters. The molecule has 18 heavy (non-hydrogen) atoms. The largest absolute Gasteiger partial charge is 0.341 e. The number of aromatic nitrogens is 2. The van der Waals surface area contributed by atoms with Crippen LogP contribution in [0.1, 0.15) is 30.7 Å². The van der Waals surface area contributed by atoms with Crippen LogP contribution in [-0.2, 0) is 13.1 Å². The van der Waals surface area contributed by atoms with Gasteiger partial charge in [0, 0.05) is 6.54 Å². The zero-order valence-corrected chi connectivity index (χ0v) is 10.7. The second kappa shape index (κ2) is 5.08. The Hall–Kier alpha value is -1.39. The Morgan fingerprint density at radius 3 is 2.83 bits per heavy atom. The van der Waals surface area contributed by atoms with Crippen LogP contribution in [0.5, 0.6) is 0 Å². The third kappa shape index (κ3) is 2.40. The highest BCUT2D eigenvalue weighted by Gasteiger charge is 2.11. The van der Waals surface area contributed by atoms with Gasteiger partial charge < -0.3 is 10.7 Å². The lowest BCUT2D eigenvalue weighted by molar-refractivity contribution is 0.221. The van der Waals surface area contributed by atoms with Gasteiger partial charge in [-0.1, -0.05) is 12.5 Å². The maximum absolute atomic E-state index is 5.60. The highest BCUT2D eigenvalue weighted by atomic mass is 15.1. The Morgan fingerprint density at radius 2 is 2.06 bits per heavy atom. The number of rotatable bonds is 3. The van der Waals surface area contributed by atoms with Gasteiger partial charge in [0.15, 0.2) is 0 Å². The molecule has 0 unspecified atom stereocenters. The molecule has 1 fully saturated rings. The average Bonchev–Trinajstić information content (AvgIpc) is 2.82. The van der Waals surface area contributed by atoms with E-state index in [9.17, 15) is 0 Å². The number of imidazole rings is 1. The van der Waals surface area contributed by atoms with E-state index in [1.54, 1.807) is 0 Å². The summed E-state index contributed by atoms with van der Waals surface area (Å²) >= 11 is 0. The van der Waals surface area contributed by atoms with Crippen molar-refractivity contribution in [1.29, 1.82) is 0 Å². The minimum Gasteiger partial charge on any atom is -0.341 e. The number of benzene rings is 1. The molecule has 0 radical (unpaired) electrons. The molecule has 3 N–H and O–H groups in total. The molecule has 4 heteroatoms. The first-order chi connectivity index (χ1) is 8.85. The van der Waals surface area contributed by atoms with Gasteiger partial charge in [0.1, 0.15) is 5.82 Å². The van der Waals surface area contributed by atoms with Crippen molar-refractivity contribution < 1.29 is 0 Å². The third-order valence-electron chi connectivity index (χ3n) is 3.64. The second-order valence-electron chi connectivity index (χ2n) is 5.08. The van der Waals surface area contributed by atoms with E-state index in [1.165, 1.54) is 37.9 Å². The van der Waals surface area contributed by atoms with Gasteiger partial charge >= 0.3 is 0 Å². The topological polar surface area (TPSA) is 57.9 Å². The summed E-state index contributed by atoms with van der Waals surface area (Å²) < 4.78 is 0. The SMILES string of the molecule is NCc1nc2ccc(CN3CCCCC3)cc2[nH]1. The Kier molecular flexibility index (Phi) is 3.30. The fourth-order valence-electron chi connectivity index (χ4n) is 2.68. The quantitative estimate of drug-likeness (QED) is 0.868. The summed E-state index contributed by atoms with van der Waals surface area (Å²) in [4.78, 5) is 10.2. The van der Waals surface area contributed by atoms with Crippen LogP contribution < -0.4 is 5.73 Å². The Balaban J connectivity index is 1.79. The van der Waals surface area contributed by atoms with Gasteiger partial charge in [-0.2, -0.15) is 0 Å². The van der Waals surface area contributed by atoms with Crippen LogP contribution >= 0.6 is 0 Å². The lowest BCUT2D eigenvalue weighted by Crippen LogP contribution is -2.29. The monoisotopic (exact) mass is 244 g/mol. The highest BCUT2D eigenvalue weighted by molar-refractivity contribution is 5.75. The molecule has 2 aromatic rings. The standard InChI is InChI=1S/C14H20N4/c15-9-14-16-12-5-4-11(8-13(12)17-14)10-18-6-2-1-3-7-18/h4-5,8H,1-3,6-7,9-10,15H2,(H,16,17). The van der Waals surface area contributed by atoms with Crippen LogP contribution in [0.3, 0.4) is 0 Å². The number of H-pyrrole nitrogens is 1. The Morgan fingerprint density at radius 1 is 1.22 bits per heavy atom. The normalized spacial score (nSPS) is 17.4. The molecule has 1 aromatic carbocycles. The van der Waals surface area contributed by atoms with Crippen molar-refractivity contribution in [3.8, 4) is 0 Å². The maximum atomic E-state index is 5.60. The molecule has 0 aliphatic carbocycles. The van der Waals surface area contributed by atoms with E-state index in [0.717, 1.165) is 23.4 Å². The summed E-state index contributed by atoms with van der Waals surface area (Å²) in [5, 5.41) is 0. The summed E-state index contributed by atoms with van der Waals surface area (Å²) in [5.74, 6) is 0.861. The summed E-state index contributed by atoms with van der Waals surface area (Å²) in [5.41, 5.74) is 9.07. The van der Waals surface area contributed by atoms with Crippen molar-refractivity contribution in [3.05, 3.63) is 29.6 Å². The molecule has 0 bridgehead atoms. The maximum Gasteiger partial charge on any atom is 0.121 e. The van der Waals surface area contributed by atoms with Crippen molar-refractivity contribution in [3.63, 3.8) is 0 Å². The summed E-state index contributed by atoms with van der Waals surface area (Å²) in [6, 6.07) is 6.47. The number of fused-ring (bicyclic) bond motifs is 1. The molecular formula is C14H20N4. The first-order valence-corrected chi connectivity index (χ1v) is 6.75. The van der Waals surface area contributed by atoms with E-state index in [2.05, 4.69) is 33.1 Å². The van der Waals surface area contributed by atoms with Gasteiger partial charge in [0.05, 0.1) is 17.6 Å². The van der Waals surface area contributed by atoms with Crippen molar-refractivity contribution in [2.45, 2.75) is 32.4 Å². The van der Waals surface area contributed by atoms with Crippen molar-refractivity contribution >= 4 is 11.0 Å². The van der Waals surface area contributed by atoms with Gasteiger partial charge in [0.25, 0.3) is 0 Å². The molecule has 1 saturated heterocycles. The van der Waals surface area contributed by atoms with Gasteiger partial charge in [-0.05, 0) is 43.6 Å². The molecule has 1 aromatic heterocycles. The van der Waals surface area contributed by atoms with Crippen LogP contribution in [0.4, 0.5) is 0 Å². The van der Waals surface area contributed by atoms with E-state index < -0.39 is 0 Å². The van der Waals surface area contributed by atoms with E-state index in [-0.39, 0.29) is 0 Å². The summed E-state index contributed by atoms with van der Waals surface area (Å²) in [6.07, 6.45) is 4.06. The number of nitrogens with one attached hydrogen (secondary N) is 1. The molecule has 0 spiro atoms. The van der Waals surface area contributed by atoms with E-state index in [1.807, 2.05) is 0 Å². The van der Waals surface area contributed by atoms with Gasteiger partial charge in [-0.25, -0.2) is 4.98 Å². The van der Waals surface area contributed by atoms with E-state index in [4.69, 9.17) is 5.73 Å². The molecule has 96 valence electrons. The number of nitrogens with zero attached hydrogens (tertiary/aromatic N) is 2. The first kappa shape index (κ1) is 11.7. The zero-order chi connectivity index (χ0) is 12.4. The van der Waals surface area contributed by atoms with Crippen LogP contribution in [0, 0.1) is 0 Å². The van der Waals surface area contributed by atoms with Crippen LogP contribution in [-0.4, -0.2) is 28.0 Å². The van der Waals surface area contributed by atoms with Crippen LogP contribution in [0.2, 0.25) is 0 Å². The fraction of sp³-hybridized carbons (Fsp3) is 0.500. The molecular weight excluding hydrogens is 224 g/mol. The lowest BCUT2D eigenvalue weighted by Gasteiger charge is -2.26. The second-order valence-corrected chi connectivity index (χ2v) is 5.08. The van der Waals surface area contributed by atoms with Gasteiger partial charge in [0.2, 0.25) is 0 Å². The number of piperidine rings is 1. The van der Waals surface area contributed by atoms with E-state index >= 15 is 0 Å². The third-order valence-corrected chi connectivity index (χ3v) is 3.64. The molecule has 4 nitrogen and oxygen atoms in total. The predicted molar refractivity (Wildman–Crippen MR) is 73.1 cm³/mol. The van der Waals surface area contributed by atoms with E-state index in [0.29, 0.717) is 6.54 Å². The van der Waals surface area contributed by atoms with Crippen molar-refractivity contribution in [2.75, 3.05) is 13.1 Å². The fourth-order valence-corrected chi connectivity index (χ4v) is 2.68. The molecule has 0 saturated carbocycles. The highest BCUT2D eigenvalue weighted by Crippen LogP contribution is 2.17. The number of nitrogens with two attached hydrogens (primary N) is 1. The summed E-state index contributed by atoms with van der Waals surface area (Å²) in [6.45, 7) is 3.98. The van der Waals surface area contributed by atoms with Crippen molar-refractivity contribution in [1.82, 2.24) is 14.9 Å². The summed E-state index contributed by atoms with van der Waals surface area (Å²) in [7, 11) is 0. The van der Waals surface area contributed by atoms with Crippen LogP contribution in [0.25, 0.3) is 11.0 Å². The molecule has 0 amide bonds. The minimum atomic E-state index is 0.468. The zero-order valence-electron chi connectivity index (χ0n) is 10.7. The number of aromatic amines is 1. The number of likely N-dealkylation sites (tertiary alicyclic amines) is 1. The molecule has 1 aliphatic rings. The Bertz CT molecular complexity index is 526.